The molecule has 1 aromatic heterocycles. The molecule has 1 aromatic carbocycles. The number of nitrogens with zero attached hydrogens (tertiary/aromatic N) is 3. The first kappa shape index (κ1) is 19.7. The average Bonchev–Trinajstić information content (AvgIpc) is 2.78. The minimum Gasteiger partial charge on any atom is -0.406 e. The molecule has 0 unspecified atom stereocenters. The molecule has 0 aliphatic carbocycles. The quantitative estimate of drug-likeness (QED) is 0.783. The van der Waals surface area contributed by atoms with Gasteiger partial charge >= 0.3 is 6.36 Å². The monoisotopic (exact) mass is 383 g/mol. The fourth-order valence-electron chi connectivity index (χ4n) is 3.39. The standard InChI is InChI=1S/C19H24F3N3O2/c1-14-18(15(2)27-23-14)13-25-8-4-7-24(9-10-25)12-16-5-3-6-17(11-16)26-19(20,21)22/h3,5-6,11H,4,7-10,12-13H2,1-2H3. The molecule has 1 aliphatic rings. The van der Waals surface area contributed by atoms with Crippen LogP contribution in [-0.2, 0) is 13.1 Å². The number of rotatable bonds is 5. The Kier molecular flexibility index (Phi) is 6.06. The van der Waals surface area contributed by atoms with E-state index in [2.05, 4.69) is 19.7 Å². The van der Waals surface area contributed by atoms with Crippen molar-refractivity contribution in [1.82, 2.24) is 15.0 Å². The predicted molar refractivity (Wildman–Crippen MR) is 94.3 cm³/mol. The van der Waals surface area contributed by atoms with Gasteiger partial charge in [-0.2, -0.15) is 0 Å². The Hall–Kier alpha value is -2.06. The number of hydrogen-bond donors (Lipinski definition) is 0. The van der Waals surface area contributed by atoms with Crippen molar-refractivity contribution in [3.05, 3.63) is 46.8 Å². The molecule has 2 heterocycles. The summed E-state index contributed by atoms with van der Waals surface area (Å²) in [5.74, 6) is 0.685. The number of aromatic nitrogens is 1. The second-order valence-corrected chi connectivity index (χ2v) is 6.90. The van der Waals surface area contributed by atoms with Gasteiger partial charge in [-0.3, -0.25) is 9.80 Å². The van der Waals surface area contributed by atoms with E-state index in [-0.39, 0.29) is 5.75 Å². The summed E-state index contributed by atoms with van der Waals surface area (Å²) in [6, 6.07) is 6.21. The highest BCUT2D eigenvalue weighted by molar-refractivity contribution is 5.28. The first-order valence-electron chi connectivity index (χ1n) is 9.01. The van der Waals surface area contributed by atoms with E-state index in [4.69, 9.17) is 4.52 Å². The van der Waals surface area contributed by atoms with Crippen LogP contribution in [0.5, 0.6) is 5.75 Å². The molecule has 148 valence electrons. The Morgan fingerprint density at radius 3 is 2.41 bits per heavy atom. The summed E-state index contributed by atoms with van der Waals surface area (Å²) >= 11 is 0. The van der Waals surface area contributed by atoms with Crippen molar-refractivity contribution in [2.75, 3.05) is 26.2 Å². The van der Waals surface area contributed by atoms with Crippen molar-refractivity contribution in [2.24, 2.45) is 0 Å². The first-order valence-corrected chi connectivity index (χ1v) is 9.01. The summed E-state index contributed by atoms with van der Waals surface area (Å²) in [4.78, 5) is 4.63. The molecule has 0 radical (unpaired) electrons. The molecule has 2 aromatic rings. The predicted octanol–water partition coefficient (Wildman–Crippen LogP) is 3.90. The lowest BCUT2D eigenvalue weighted by Crippen LogP contribution is -2.30. The highest BCUT2D eigenvalue weighted by Gasteiger charge is 2.31. The summed E-state index contributed by atoms with van der Waals surface area (Å²) in [5.41, 5.74) is 2.88. The number of alkyl halides is 3. The van der Waals surface area contributed by atoms with E-state index in [1.165, 1.54) is 12.1 Å². The lowest BCUT2D eigenvalue weighted by molar-refractivity contribution is -0.274. The molecule has 1 aliphatic heterocycles. The van der Waals surface area contributed by atoms with E-state index in [1.54, 1.807) is 6.07 Å². The minimum absolute atomic E-state index is 0.171. The molecule has 5 nitrogen and oxygen atoms in total. The van der Waals surface area contributed by atoms with Crippen molar-refractivity contribution < 1.29 is 22.4 Å². The van der Waals surface area contributed by atoms with Gasteiger partial charge in [0.1, 0.15) is 11.5 Å². The normalized spacial score (nSPS) is 17.1. The van der Waals surface area contributed by atoms with Gasteiger partial charge in [0, 0.05) is 31.7 Å². The van der Waals surface area contributed by atoms with Crippen molar-refractivity contribution in [2.45, 2.75) is 39.7 Å². The molecular weight excluding hydrogens is 359 g/mol. The number of ether oxygens (including phenoxy) is 1. The van der Waals surface area contributed by atoms with E-state index >= 15 is 0 Å². The Labute approximate surface area is 156 Å². The number of halogens is 3. The number of hydrogen-bond acceptors (Lipinski definition) is 5. The van der Waals surface area contributed by atoms with Crippen LogP contribution in [0, 0.1) is 13.8 Å². The summed E-state index contributed by atoms with van der Waals surface area (Å²) in [5, 5.41) is 4.01. The van der Waals surface area contributed by atoms with Gasteiger partial charge in [0.15, 0.2) is 0 Å². The van der Waals surface area contributed by atoms with E-state index in [0.29, 0.717) is 6.54 Å². The molecule has 8 heteroatoms. The van der Waals surface area contributed by atoms with E-state index in [1.807, 2.05) is 19.9 Å². The molecule has 0 bridgehead atoms. The Balaban J connectivity index is 1.56. The molecule has 0 spiro atoms. The molecule has 0 saturated carbocycles. The van der Waals surface area contributed by atoms with Gasteiger partial charge < -0.3 is 9.26 Å². The summed E-state index contributed by atoms with van der Waals surface area (Å²) in [7, 11) is 0. The van der Waals surface area contributed by atoms with Crippen LogP contribution in [0.2, 0.25) is 0 Å². The third kappa shape index (κ3) is 5.71. The molecule has 0 N–H and O–H groups in total. The minimum atomic E-state index is -4.67. The van der Waals surface area contributed by atoms with Gasteiger partial charge in [-0.1, -0.05) is 17.3 Å². The van der Waals surface area contributed by atoms with Crippen LogP contribution in [0.4, 0.5) is 13.2 Å². The highest BCUT2D eigenvalue weighted by Crippen LogP contribution is 2.24. The second kappa shape index (κ2) is 8.31. The maximum absolute atomic E-state index is 12.4. The van der Waals surface area contributed by atoms with Crippen LogP contribution in [-0.4, -0.2) is 47.5 Å². The SMILES string of the molecule is Cc1noc(C)c1CN1CCCN(Cc2cccc(OC(F)(F)F)c2)CC1. The van der Waals surface area contributed by atoms with Crippen LogP contribution in [0.3, 0.4) is 0 Å². The van der Waals surface area contributed by atoms with Gasteiger partial charge in [-0.15, -0.1) is 13.2 Å². The molecule has 0 amide bonds. The Morgan fingerprint density at radius 1 is 1.07 bits per heavy atom. The molecule has 27 heavy (non-hydrogen) atoms. The molecule has 0 atom stereocenters. The van der Waals surface area contributed by atoms with Crippen molar-refractivity contribution in [3.8, 4) is 5.75 Å². The van der Waals surface area contributed by atoms with E-state index in [0.717, 1.165) is 61.7 Å². The number of benzene rings is 1. The lowest BCUT2D eigenvalue weighted by Gasteiger charge is -2.22. The second-order valence-electron chi connectivity index (χ2n) is 6.90. The van der Waals surface area contributed by atoms with Crippen molar-refractivity contribution in [3.63, 3.8) is 0 Å². The number of aryl methyl sites for hydroxylation is 2. The largest absolute Gasteiger partial charge is 0.573 e. The van der Waals surface area contributed by atoms with Gasteiger partial charge in [0.25, 0.3) is 0 Å². The van der Waals surface area contributed by atoms with Crippen molar-refractivity contribution >= 4 is 0 Å². The topological polar surface area (TPSA) is 41.7 Å². The van der Waals surface area contributed by atoms with Gasteiger partial charge in [0.05, 0.1) is 5.69 Å². The van der Waals surface area contributed by atoms with Crippen LogP contribution >= 0.6 is 0 Å². The molecule has 1 fully saturated rings. The van der Waals surface area contributed by atoms with Gasteiger partial charge in [0.2, 0.25) is 0 Å². The summed E-state index contributed by atoms with van der Waals surface area (Å²) in [6.45, 7) is 8.91. The zero-order valence-electron chi connectivity index (χ0n) is 15.6. The van der Waals surface area contributed by atoms with E-state index in [9.17, 15) is 13.2 Å². The van der Waals surface area contributed by atoms with Crippen LogP contribution < -0.4 is 4.74 Å². The Bertz CT molecular complexity index is 741. The average molecular weight is 383 g/mol. The Morgan fingerprint density at radius 2 is 1.78 bits per heavy atom. The summed E-state index contributed by atoms with van der Waals surface area (Å²) < 4.78 is 46.4. The van der Waals surface area contributed by atoms with Crippen LogP contribution in [0.25, 0.3) is 0 Å². The molecular formula is C19H24F3N3O2. The van der Waals surface area contributed by atoms with E-state index < -0.39 is 6.36 Å². The zero-order chi connectivity index (χ0) is 19.4. The molecule has 1 saturated heterocycles. The lowest BCUT2D eigenvalue weighted by atomic mass is 10.2. The van der Waals surface area contributed by atoms with Gasteiger partial charge in [-0.05, 0) is 51.1 Å². The van der Waals surface area contributed by atoms with Crippen molar-refractivity contribution in [1.29, 1.82) is 0 Å². The van der Waals surface area contributed by atoms with Gasteiger partial charge in [-0.25, -0.2) is 0 Å². The fraction of sp³-hybridized carbons (Fsp3) is 0.526. The maximum atomic E-state index is 12.4. The summed E-state index contributed by atoms with van der Waals surface area (Å²) in [6.07, 6.45) is -3.66. The highest BCUT2D eigenvalue weighted by atomic mass is 19.4. The fourth-order valence-corrected chi connectivity index (χ4v) is 3.39. The van der Waals surface area contributed by atoms with Crippen LogP contribution in [0.1, 0.15) is 29.0 Å². The first-order chi connectivity index (χ1) is 12.8. The van der Waals surface area contributed by atoms with Crippen LogP contribution in [0.15, 0.2) is 28.8 Å². The smallest absolute Gasteiger partial charge is 0.406 e. The third-order valence-electron chi connectivity index (χ3n) is 4.78. The maximum Gasteiger partial charge on any atom is 0.573 e. The molecule has 3 rings (SSSR count). The zero-order valence-corrected chi connectivity index (χ0v) is 15.6. The third-order valence-corrected chi connectivity index (χ3v) is 4.78.